The Morgan fingerprint density at radius 1 is 1.24 bits per heavy atom. The first-order valence-corrected chi connectivity index (χ1v) is 8.77. The van der Waals surface area contributed by atoms with Crippen LogP contribution in [-0.4, -0.2) is 36.1 Å². The molecule has 1 unspecified atom stereocenters. The molecule has 1 aromatic rings. The first kappa shape index (κ1) is 16.6. The van der Waals surface area contributed by atoms with Crippen molar-refractivity contribution < 1.29 is 4.42 Å². The fourth-order valence-corrected chi connectivity index (χ4v) is 4.13. The van der Waals surface area contributed by atoms with E-state index >= 15 is 0 Å². The Kier molecular flexibility index (Phi) is 6.31. The van der Waals surface area contributed by atoms with Gasteiger partial charge in [-0.2, -0.15) is 0 Å². The molecule has 0 radical (unpaired) electrons. The van der Waals surface area contributed by atoms with Gasteiger partial charge in [-0.25, -0.2) is 0 Å². The van der Waals surface area contributed by atoms with Crippen molar-refractivity contribution in [3.8, 4) is 0 Å². The summed E-state index contributed by atoms with van der Waals surface area (Å²) in [5.41, 5.74) is 0.311. The molecule has 3 heteroatoms. The summed E-state index contributed by atoms with van der Waals surface area (Å²) in [5.74, 6) is 1.11. The largest absolute Gasteiger partial charge is 0.469 e. The van der Waals surface area contributed by atoms with Gasteiger partial charge in [0.05, 0.1) is 6.26 Å². The third-order valence-corrected chi connectivity index (χ3v) is 5.14. The van der Waals surface area contributed by atoms with Gasteiger partial charge in [0.25, 0.3) is 0 Å². The van der Waals surface area contributed by atoms with Crippen LogP contribution >= 0.6 is 0 Å². The zero-order valence-corrected chi connectivity index (χ0v) is 14.0. The average molecular weight is 292 g/mol. The van der Waals surface area contributed by atoms with E-state index in [2.05, 4.69) is 37.1 Å². The summed E-state index contributed by atoms with van der Waals surface area (Å²) in [6.45, 7) is 10.2. The summed E-state index contributed by atoms with van der Waals surface area (Å²) in [5, 5.41) is 3.84. The molecule has 1 heterocycles. The predicted octanol–water partition coefficient (Wildman–Crippen LogP) is 3.84. The van der Waals surface area contributed by atoms with Gasteiger partial charge in [-0.15, -0.1) is 0 Å². The molecule has 0 aromatic carbocycles. The van der Waals surface area contributed by atoms with Gasteiger partial charge in [-0.05, 0) is 51.0 Å². The zero-order chi connectivity index (χ0) is 15.1. The second-order valence-corrected chi connectivity index (χ2v) is 6.27. The Bertz CT molecular complexity index is 378. The summed E-state index contributed by atoms with van der Waals surface area (Å²) in [6.07, 6.45) is 9.34. The van der Waals surface area contributed by atoms with Crippen LogP contribution in [0.5, 0.6) is 0 Å². The lowest BCUT2D eigenvalue weighted by molar-refractivity contribution is 0.0610. The number of hydrogen-bond donors (Lipinski definition) is 1. The molecule has 0 aliphatic heterocycles. The molecular weight excluding hydrogens is 260 g/mol. The predicted molar refractivity (Wildman–Crippen MR) is 88.6 cm³/mol. The molecule has 1 saturated carbocycles. The second-order valence-electron chi connectivity index (χ2n) is 6.27. The van der Waals surface area contributed by atoms with E-state index < -0.39 is 0 Å². The summed E-state index contributed by atoms with van der Waals surface area (Å²) < 4.78 is 5.64. The van der Waals surface area contributed by atoms with Crippen molar-refractivity contribution in [1.29, 1.82) is 0 Å². The van der Waals surface area contributed by atoms with E-state index in [1.165, 1.54) is 32.1 Å². The highest BCUT2D eigenvalue weighted by Gasteiger charge is 2.44. The Balaban J connectivity index is 2.21. The van der Waals surface area contributed by atoms with Gasteiger partial charge in [0, 0.05) is 18.0 Å². The van der Waals surface area contributed by atoms with Crippen molar-refractivity contribution in [2.75, 3.05) is 19.6 Å². The lowest BCUT2D eigenvalue weighted by Gasteiger charge is -2.46. The quantitative estimate of drug-likeness (QED) is 0.749. The normalized spacial score (nSPS) is 19.2. The maximum absolute atomic E-state index is 5.64. The lowest BCUT2D eigenvalue weighted by Crippen LogP contribution is -2.60. The van der Waals surface area contributed by atoms with E-state index in [4.69, 9.17) is 4.42 Å². The molecule has 0 spiro atoms. The van der Waals surface area contributed by atoms with Gasteiger partial charge in [0.1, 0.15) is 5.76 Å². The van der Waals surface area contributed by atoms with E-state index in [1.54, 1.807) is 6.26 Å². The van der Waals surface area contributed by atoms with E-state index in [1.807, 2.05) is 6.07 Å². The topological polar surface area (TPSA) is 28.4 Å². The third-order valence-electron chi connectivity index (χ3n) is 5.14. The molecule has 21 heavy (non-hydrogen) atoms. The Labute approximate surface area is 130 Å². The molecule has 1 atom stereocenters. The van der Waals surface area contributed by atoms with Crippen LogP contribution in [0.3, 0.4) is 0 Å². The van der Waals surface area contributed by atoms with Gasteiger partial charge in [0.2, 0.25) is 0 Å². The number of furan rings is 1. The highest BCUT2D eigenvalue weighted by Crippen LogP contribution is 2.39. The molecule has 0 amide bonds. The third kappa shape index (κ3) is 3.70. The fourth-order valence-electron chi connectivity index (χ4n) is 4.13. The molecule has 1 fully saturated rings. The number of nitrogens with one attached hydrogen (secondary N) is 1. The first-order valence-electron chi connectivity index (χ1n) is 8.77. The molecule has 0 bridgehead atoms. The van der Waals surface area contributed by atoms with Crippen molar-refractivity contribution in [3.63, 3.8) is 0 Å². The van der Waals surface area contributed by atoms with E-state index in [0.29, 0.717) is 11.6 Å². The minimum atomic E-state index is 0.311. The van der Waals surface area contributed by atoms with Gasteiger partial charge in [-0.1, -0.05) is 33.6 Å². The standard InChI is InChI=1S/C18H32N2O/c1-4-13-19-17(15-16-10-9-14-21-16)18(11-7-8-12-18)20(5-2)6-3/h9-10,14,17,19H,4-8,11-13,15H2,1-3H3. The van der Waals surface area contributed by atoms with Crippen molar-refractivity contribution in [2.45, 2.75) is 70.9 Å². The van der Waals surface area contributed by atoms with Crippen molar-refractivity contribution in [2.24, 2.45) is 0 Å². The molecular formula is C18H32N2O. The second kappa shape index (κ2) is 8.00. The van der Waals surface area contributed by atoms with E-state index in [-0.39, 0.29) is 0 Å². The van der Waals surface area contributed by atoms with Crippen LogP contribution in [0.4, 0.5) is 0 Å². The smallest absolute Gasteiger partial charge is 0.105 e. The average Bonchev–Trinajstić information content (AvgIpc) is 3.17. The zero-order valence-electron chi connectivity index (χ0n) is 14.0. The minimum Gasteiger partial charge on any atom is -0.469 e. The number of rotatable bonds is 9. The van der Waals surface area contributed by atoms with E-state index in [9.17, 15) is 0 Å². The highest BCUT2D eigenvalue weighted by molar-refractivity contribution is 5.09. The molecule has 1 aromatic heterocycles. The van der Waals surface area contributed by atoms with Crippen molar-refractivity contribution in [3.05, 3.63) is 24.2 Å². The Morgan fingerprint density at radius 2 is 1.95 bits per heavy atom. The van der Waals surface area contributed by atoms with Crippen LogP contribution in [0, 0.1) is 0 Å². The monoisotopic (exact) mass is 292 g/mol. The van der Waals surface area contributed by atoms with E-state index in [0.717, 1.165) is 31.8 Å². The summed E-state index contributed by atoms with van der Waals surface area (Å²) >= 11 is 0. The minimum absolute atomic E-state index is 0.311. The molecule has 1 aliphatic carbocycles. The maximum atomic E-state index is 5.64. The molecule has 0 saturated heterocycles. The summed E-state index contributed by atoms with van der Waals surface area (Å²) in [4.78, 5) is 2.69. The molecule has 3 nitrogen and oxygen atoms in total. The van der Waals surface area contributed by atoms with Gasteiger partial charge < -0.3 is 9.73 Å². The maximum Gasteiger partial charge on any atom is 0.105 e. The van der Waals surface area contributed by atoms with Crippen LogP contribution in [0.15, 0.2) is 22.8 Å². The van der Waals surface area contributed by atoms with Crippen molar-refractivity contribution >= 4 is 0 Å². The number of nitrogens with zero attached hydrogens (tertiary/aromatic N) is 1. The Morgan fingerprint density at radius 3 is 2.48 bits per heavy atom. The lowest BCUT2D eigenvalue weighted by atomic mass is 9.83. The fraction of sp³-hybridized carbons (Fsp3) is 0.778. The van der Waals surface area contributed by atoms with Crippen LogP contribution < -0.4 is 5.32 Å². The molecule has 1 N–H and O–H groups in total. The van der Waals surface area contributed by atoms with Crippen LogP contribution in [-0.2, 0) is 6.42 Å². The Hall–Kier alpha value is -0.800. The number of likely N-dealkylation sites (N-methyl/N-ethyl adjacent to an activating group) is 1. The van der Waals surface area contributed by atoms with Gasteiger partial charge in [0.15, 0.2) is 0 Å². The van der Waals surface area contributed by atoms with Crippen LogP contribution in [0.2, 0.25) is 0 Å². The van der Waals surface area contributed by atoms with Crippen molar-refractivity contribution in [1.82, 2.24) is 10.2 Å². The SMILES string of the molecule is CCCNC(Cc1ccco1)C1(N(CC)CC)CCCC1. The molecule has 120 valence electrons. The summed E-state index contributed by atoms with van der Waals surface area (Å²) in [6, 6.07) is 4.61. The highest BCUT2D eigenvalue weighted by atomic mass is 16.3. The van der Waals surface area contributed by atoms with Crippen LogP contribution in [0.25, 0.3) is 0 Å². The molecule has 1 aliphatic rings. The van der Waals surface area contributed by atoms with Gasteiger partial charge >= 0.3 is 0 Å². The van der Waals surface area contributed by atoms with Crippen LogP contribution in [0.1, 0.15) is 58.6 Å². The number of hydrogen-bond acceptors (Lipinski definition) is 3. The summed E-state index contributed by atoms with van der Waals surface area (Å²) in [7, 11) is 0. The first-order chi connectivity index (χ1) is 10.3. The van der Waals surface area contributed by atoms with Gasteiger partial charge in [-0.3, -0.25) is 4.90 Å². The molecule has 2 rings (SSSR count).